The Kier molecular flexibility index (Phi) is 27.2. The van der Waals surface area contributed by atoms with Gasteiger partial charge in [-0.05, 0) is 19.3 Å². The van der Waals surface area contributed by atoms with Crippen LogP contribution in [0.5, 0.6) is 0 Å². The zero-order valence-corrected chi connectivity index (χ0v) is 29.2. The van der Waals surface area contributed by atoms with Crippen LogP contribution in [0.3, 0.4) is 0 Å². The Balaban J connectivity index is 2.17. The van der Waals surface area contributed by atoms with Crippen LogP contribution in [0.4, 0.5) is 0 Å². The van der Waals surface area contributed by atoms with E-state index in [0.29, 0.717) is 19.8 Å². The number of imidazole rings is 1. The second kappa shape index (κ2) is 29.1. The molecule has 7 heteroatoms. The van der Waals surface area contributed by atoms with Gasteiger partial charge in [0.05, 0.1) is 26.8 Å². The lowest BCUT2D eigenvalue weighted by atomic mass is 10.1. The largest absolute Gasteiger partial charge is 0.405 e. The van der Waals surface area contributed by atoms with Gasteiger partial charge in [0.25, 0.3) is 0 Å². The Labute approximate surface area is 261 Å². The third-order valence-electron chi connectivity index (χ3n) is 8.24. The highest BCUT2D eigenvalue weighted by Gasteiger charge is 2.23. The summed E-state index contributed by atoms with van der Waals surface area (Å²) in [7, 11) is -1.24. The van der Waals surface area contributed by atoms with Crippen LogP contribution in [0.15, 0.2) is 18.7 Å². The molecule has 0 aromatic carbocycles. The summed E-state index contributed by atoms with van der Waals surface area (Å²) < 4.78 is 29.4. The van der Waals surface area contributed by atoms with E-state index in [9.17, 15) is 4.57 Å². The quantitative estimate of drug-likeness (QED) is 0.0487. The van der Waals surface area contributed by atoms with Crippen LogP contribution in [0, 0.1) is 0 Å². The van der Waals surface area contributed by atoms with Crippen molar-refractivity contribution in [2.45, 2.75) is 181 Å². The van der Waals surface area contributed by atoms with Crippen molar-refractivity contribution < 1.29 is 18.2 Å². The third-order valence-corrected chi connectivity index (χ3v) is 9.90. The molecule has 0 radical (unpaired) electrons. The Morgan fingerprint density at radius 2 is 0.976 bits per heavy atom. The predicted molar refractivity (Wildman–Crippen MR) is 180 cm³/mol. The Morgan fingerprint density at radius 1 is 0.595 bits per heavy atom. The Morgan fingerprint density at radius 3 is 1.33 bits per heavy atom. The van der Waals surface area contributed by atoms with E-state index in [2.05, 4.69) is 36.0 Å². The standard InChI is InChI=1S/C35H71N3O3P/c1-4-6-8-10-12-14-16-18-20-22-24-26-33-40-42(39,36-29-28-30-38-32-31-37(3)35-38)41-34-27-25-23-21-19-17-15-13-11-9-7-5-2/h31-32,35H,4-30,33-34H2,1-3H3,(H,36,39)/q+1. The number of unbranched alkanes of at least 4 members (excludes halogenated alkanes) is 22. The minimum absolute atomic E-state index is 0.508. The fourth-order valence-corrected chi connectivity index (χ4v) is 6.92. The highest BCUT2D eigenvalue weighted by atomic mass is 31.2. The van der Waals surface area contributed by atoms with Crippen molar-refractivity contribution in [1.82, 2.24) is 9.65 Å². The zero-order chi connectivity index (χ0) is 30.4. The molecule has 1 aromatic rings. The van der Waals surface area contributed by atoms with Gasteiger partial charge in [-0.15, -0.1) is 0 Å². The molecule has 0 fully saturated rings. The lowest BCUT2D eigenvalue weighted by molar-refractivity contribution is -0.671. The van der Waals surface area contributed by atoms with E-state index in [1.54, 1.807) is 0 Å². The van der Waals surface area contributed by atoms with Crippen molar-refractivity contribution in [3.05, 3.63) is 18.7 Å². The number of nitrogens with one attached hydrogen (secondary N) is 1. The molecule has 248 valence electrons. The molecular formula is C35H71N3O3P+. The van der Waals surface area contributed by atoms with Gasteiger partial charge in [0, 0.05) is 6.54 Å². The average Bonchev–Trinajstić information content (AvgIpc) is 3.41. The monoisotopic (exact) mass is 613 g/mol. The van der Waals surface area contributed by atoms with Gasteiger partial charge >= 0.3 is 7.75 Å². The van der Waals surface area contributed by atoms with E-state index in [1.807, 2.05) is 17.8 Å². The van der Waals surface area contributed by atoms with Gasteiger partial charge in [0.1, 0.15) is 12.4 Å². The van der Waals surface area contributed by atoms with Crippen LogP contribution in [0.1, 0.15) is 174 Å². The lowest BCUT2D eigenvalue weighted by Gasteiger charge is -2.19. The van der Waals surface area contributed by atoms with Crippen LogP contribution in [-0.4, -0.2) is 24.3 Å². The normalized spacial score (nSPS) is 12.0. The van der Waals surface area contributed by atoms with Crippen molar-refractivity contribution in [2.75, 3.05) is 19.8 Å². The second-order valence-corrected chi connectivity index (χ2v) is 14.3. The molecule has 0 aliphatic rings. The molecule has 1 N–H and O–H groups in total. The first-order valence-corrected chi connectivity index (χ1v) is 19.8. The van der Waals surface area contributed by atoms with Crippen molar-refractivity contribution in [3.8, 4) is 0 Å². The lowest BCUT2D eigenvalue weighted by Crippen LogP contribution is -2.24. The van der Waals surface area contributed by atoms with E-state index in [1.165, 1.54) is 128 Å². The average molecular weight is 613 g/mol. The molecule has 0 spiro atoms. The number of aryl methyl sites for hydroxylation is 2. The first-order valence-electron chi connectivity index (χ1n) is 18.2. The van der Waals surface area contributed by atoms with Gasteiger partial charge in [-0.25, -0.2) is 18.8 Å². The van der Waals surface area contributed by atoms with Gasteiger partial charge < -0.3 is 0 Å². The van der Waals surface area contributed by atoms with Gasteiger partial charge in [-0.1, -0.05) is 155 Å². The molecule has 0 saturated heterocycles. The van der Waals surface area contributed by atoms with Crippen LogP contribution in [0.25, 0.3) is 0 Å². The number of rotatable bonds is 33. The highest BCUT2D eigenvalue weighted by Crippen LogP contribution is 2.44. The second-order valence-electron chi connectivity index (χ2n) is 12.5. The maximum absolute atomic E-state index is 13.5. The summed E-state index contributed by atoms with van der Waals surface area (Å²) >= 11 is 0. The third kappa shape index (κ3) is 24.7. The number of aromatic nitrogens is 2. The fourth-order valence-electron chi connectivity index (χ4n) is 5.50. The van der Waals surface area contributed by atoms with E-state index in [4.69, 9.17) is 9.05 Å². The van der Waals surface area contributed by atoms with Crippen molar-refractivity contribution in [1.29, 1.82) is 0 Å². The highest BCUT2D eigenvalue weighted by molar-refractivity contribution is 7.51. The van der Waals surface area contributed by atoms with Crippen molar-refractivity contribution in [2.24, 2.45) is 7.05 Å². The minimum Gasteiger partial charge on any atom is -0.297 e. The molecule has 6 nitrogen and oxygen atoms in total. The molecule has 1 heterocycles. The topological polar surface area (TPSA) is 56.4 Å². The van der Waals surface area contributed by atoms with Gasteiger partial charge in [-0.2, -0.15) is 0 Å². The summed E-state index contributed by atoms with van der Waals surface area (Å²) in [5.74, 6) is 0. The van der Waals surface area contributed by atoms with E-state index in [0.717, 1.165) is 38.6 Å². The maximum Gasteiger partial charge on any atom is 0.405 e. The number of nitrogens with zero attached hydrogens (tertiary/aromatic N) is 2. The van der Waals surface area contributed by atoms with E-state index >= 15 is 0 Å². The van der Waals surface area contributed by atoms with Crippen LogP contribution >= 0.6 is 7.75 Å². The summed E-state index contributed by atoms with van der Waals surface area (Å²) in [6.45, 7) is 7.07. The molecule has 0 atom stereocenters. The summed E-state index contributed by atoms with van der Waals surface area (Å²) in [6, 6.07) is 0. The molecular weight excluding hydrogens is 541 g/mol. The number of hydrogen-bond acceptors (Lipinski definition) is 3. The molecule has 1 aromatic heterocycles. The van der Waals surface area contributed by atoms with Crippen LogP contribution in [0.2, 0.25) is 0 Å². The maximum atomic E-state index is 13.5. The fraction of sp³-hybridized carbons (Fsp3) is 0.914. The Bertz CT molecular complexity index is 709. The first kappa shape index (κ1) is 39.3. The summed E-state index contributed by atoms with van der Waals surface area (Å²) in [6.07, 6.45) is 38.4. The van der Waals surface area contributed by atoms with Gasteiger partial charge in [0.2, 0.25) is 6.33 Å². The molecule has 0 bridgehead atoms. The molecule has 0 unspecified atom stereocenters. The van der Waals surface area contributed by atoms with E-state index < -0.39 is 7.75 Å². The number of hydrogen-bond donors (Lipinski definition) is 1. The molecule has 0 saturated carbocycles. The van der Waals surface area contributed by atoms with Crippen LogP contribution < -0.4 is 9.65 Å². The molecule has 42 heavy (non-hydrogen) atoms. The smallest absolute Gasteiger partial charge is 0.297 e. The molecule has 0 aliphatic carbocycles. The van der Waals surface area contributed by atoms with Crippen LogP contribution in [-0.2, 0) is 27.2 Å². The summed E-state index contributed by atoms with van der Waals surface area (Å²) in [5.41, 5.74) is 0. The van der Waals surface area contributed by atoms with Gasteiger partial charge in [-0.3, -0.25) is 9.05 Å². The first-order chi connectivity index (χ1) is 20.6. The molecule has 1 rings (SSSR count). The zero-order valence-electron chi connectivity index (χ0n) is 28.3. The minimum atomic E-state index is -3.26. The predicted octanol–water partition coefficient (Wildman–Crippen LogP) is 10.8. The van der Waals surface area contributed by atoms with Gasteiger partial charge in [0.15, 0.2) is 0 Å². The van der Waals surface area contributed by atoms with Crippen molar-refractivity contribution >= 4 is 7.75 Å². The van der Waals surface area contributed by atoms with Crippen molar-refractivity contribution in [3.63, 3.8) is 0 Å². The SMILES string of the molecule is CCCCCCCCCCCCCCOP(=O)(NCCCn1cc[n+](C)c1)OCCCCCCCCCCCCCC. The van der Waals surface area contributed by atoms with E-state index in [-0.39, 0.29) is 0 Å². The molecule has 0 aliphatic heterocycles. The summed E-state index contributed by atoms with van der Waals surface area (Å²) in [4.78, 5) is 0. The molecule has 0 amide bonds. The summed E-state index contributed by atoms with van der Waals surface area (Å²) in [5, 5.41) is 3.15. The Hall–Kier alpha value is -0.680.